The highest BCUT2D eigenvalue weighted by molar-refractivity contribution is 5.44. The highest BCUT2D eigenvalue weighted by atomic mass is 19.1. The molecule has 3 nitrogen and oxygen atoms in total. The van der Waals surface area contributed by atoms with E-state index in [-0.39, 0.29) is 18.2 Å². The second-order valence-corrected chi connectivity index (χ2v) is 3.35. The molecule has 0 radical (unpaired) electrons. The number of ether oxygens (including phenoxy) is 1. The minimum absolute atomic E-state index is 0.121. The lowest BCUT2D eigenvalue weighted by molar-refractivity contribution is 0.237. The number of hydrogen-bond acceptors (Lipinski definition) is 3. The van der Waals surface area contributed by atoms with Crippen LogP contribution in [0, 0.1) is 5.82 Å². The molecule has 1 atom stereocenters. The van der Waals surface area contributed by atoms with Crippen molar-refractivity contribution in [3.8, 4) is 5.75 Å². The van der Waals surface area contributed by atoms with E-state index in [9.17, 15) is 4.39 Å². The van der Waals surface area contributed by atoms with Crippen molar-refractivity contribution in [1.82, 2.24) is 0 Å². The summed E-state index contributed by atoms with van der Waals surface area (Å²) in [5.41, 5.74) is 6.82. The van der Waals surface area contributed by atoms with Gasteiger partial charge in [-0.05, 0) is 6.07 Å². The van der Waals surface area contributed by atoms with Gasteiger partial charge in [-0.15, -0.1) is 0 Å². The van der Waals surface area contributed by atoms with Gasteiger partial charge in [0.2, 0.25) is 0 Å². The monoisotopic (exact) mass is 197 g/mol. The van der Waals surface area contributed by atoms with Crippen LogP contribution in [0.2, 0.25) is 0 Å². The van der Waals surface area contributed by atoms with E-state index in [2.05, 4.69) is 0 Å². The summed E-state index contributed by atoms with van der Waals surface area (Å²) in [7, 11) is 0. The van der Waals surface area contributed by atoms with Gasteiger partial charge < -0.3 is 15.6 Å². The van der Waals surface area contributed by atoms with Crippen LogP contribution in [0.3, 0.4) is 0 Å². The Morgan fingerprint density at radius 2 is 2.36 bits per heavy atom. The maximum atomic E-state index is 13.2. The number of fused-ring (bicyclic) bond motifs is 1. The fourth-order valence-corrected chi connectivity index (χ4v) is 1.68. The van der Waals surface area contributed by atoms with Crippen LogP contribution in [0.1, 0.15) is 23.6 Å². The molecule has 2 rings (SSSR count). The molecule has 1 unspecified atom stereocenters. The van der Waals surface area contributed by atoms with E-state index in [0.29, 0.717) is 12.4 Å². The standard InChI is InChI=1S/C10H12FNO2/c11-8-2-1-6-9(12)3-4-14-10(6)7(8)5-13/h1-2,9,13H,3-5,12H2. The predicted molar refractivity (Wildman–Crippen MR) is 49.4 cm³/mol. The Bertz CT molecular complexity index is 354. The first-order valence-corrected chi connectivity index (χ1v) is 4.54. The molecule has 0 saturated heterocycles. The van der Waals surface area contributed by atoms with E-state index >= 15 is 0 Å². The largest absolute Gasteiger partial charge is 0.493 e. The Labute approximate surface area is 81.3 Å². The zero-order valence-corrected chi connectivity index (χ0v) is 7.66. The van der Waals surface area contributed by atoms with Gasteiger partial charge in [0.25, 0.3) is 0 Å². The first-order chi connectivity index (χ1) is 6.74. The molecule has 0 fully saturated rings. The van der Waals surface area contributed by atoms with Gasteiger partial charge in [-0.25, -0.2) is 4.39 Å². The van der Waals surface area contributed by atoms with Gasteiger partial charge in [-0.2, -0.15) is 0 Å². The summed E-state index contributed by atoms with van der Waals surface area (Å²) in [6, 6.07) is 2.82. The number of hydrogen-bond donors (Lipinski definition) is 2. The average Bonchev–Trinajstić information content (AvgIpc) is 2.18. The van der Waals surface area contributed by atoms with Crippen molar-refractivity contribution in [3.05, 3.63) is 29.1 Å². The summed E-state index contributed by atoms with van der Waals surface area (Å²) in [5.74, 6) is -0.0217. The molecular formula is C10H12FNO2. The van der Waals surface area contributed by atoms with Crippen molar-refractivity contribution < 1.29 is 14.2 Å². The van der Waals surface area contributed by atoms with Crippen LogP contribution in [0.5, 0.6) is 5.75 Å². The Balaban J connectivity index is 2.55. The Hall–Kier alpha value is -1.13. The number of rotatable bonds is 1. The molecule has 3 N–H and O–H groups in total. The van der Waals surface area contributed by atoms with Crippen LogP contribution in [-0.4, -0.2) is 11.7 Å². The molecule has 0 spiro atoms. The molecule has 1 heterocycles. The van der Waals surface area contributed by atoms with Crippen LogP contribution in [0.15, 0.2) is 12.1 Å². The molecule has 1 aliphatic heterocycles. The summed E-state index contributed by atoms with van der Waals surface area (Å²) in [6.45, 7) is 0.117. The quantitative estimate of drug-likeness (QED) is 0.708. The lowest BCUT2D eigenvalue weighted by atomic mass is 9.98. The number of nitrogens with two attached hydrogens (primary N) is 1. The zero-order valence-electron chi connectivity index (χ0n) is 7.66. The second-order valence-electron chi connectivity index (χ2n) is 3.35. The van der Waals surface area contributed by atoms with E-state index < -0.39 is 5.82 Å². The van der Waals surface area contributed by atoms with E-state index in [1.807, 2.05) is 0 Å². The summed E-state index contributed by atoms with van der Waals surface area (Å²) >= 11 is 0. The smallest absolute Gasteiger partial charge is 0.132 e. The third-order valence-electron chi connectivity index (χ3n) is 2.47. The minimum Gasteiger partial charge on any atom is -0.493 e. The minimum atomic E-state index is -0.444. The van der Waals surface area contributed by atoms with Crippen molar-refractivity contribution in [1.29, 1.82) is 0 Å². The average molecular weight is 197 g/mol. The number of halogens is 1. The SMILES string of the molecule is NC1CCOc2c1ccc(F)c2CO. The summed E-state index contributed by atoms with van der Waals surface area (Å²) in [4.78, 5) is 0. The molecule has 0 bridgehead atoms. The molecule has 4 heteroatoms. The third-order valence-corrected chi connectivity index (χ3v) is 2.47. The summed E-state index contributed by atoms with van der Waals surface area (Å²) in [5, 5.41) is 9.00. The molecule has 0 aromatic heterocycles. The molecule has 1 aromatic rings. The molecular weight excluding hydrogens is 185 g/mol. The Morgan fingerprint density at radius 1 is 1.57 bits per heavy atom. The lowest BCUT2D eigenvalue weighted by Gasteiger charge is -2.24. The van der Waals surface area contributed by atoms with Crippen molar-refractivity contribution >= 4 is 0 Å². The van der Waals surface area contributed by atoms with Gasteiger partial charge in [0.05, 0.1) is 18.8 Å². The maximum Gasteiger partial charge on any atom is 0.132 e. The normalized spacial score (nSPS) is 20.1. The highest BCUT2D eigenvalue weighted by Crippen LogP contribution is 2.34. The zero-order chi connectivity index (χ0) is 10.1. The van der Waals surface area contributed by atoms with Crippen LogP contribution in [-0.2, 0) is 6.61 Å². The fourth-order valence-electron chi connectivity index (χ4n) is 1.68. The van der Waals surface area contributed by atoms with Gasteiger partial charge in [0.15, 0.2) is 0 Å². The predicted octanol–water partition coefficient (Wildman–Crippen LogP) is 1.10. The van der Waals surface area contributed by atoms with Gasteiger partial charge in [-0.1, -0.05) is 6.07 Å². The molecule has 0 amide bonds. The van der Waals surface area contributed by atoms with Gasteiger partial charge >= 0.3 is 0 Å². The molecule has 0 aliphatic carbocycles. The lowest BCUT2D eigenvalue weighted by Crippen LogP contribution is -2.22. The van der Waals surface area contributed by atoms with Gasteiger partial charge in [0.1, 0.15) is 11.6 Å². The van der Waals surface area contributed by atoms with E-state index in [0.717, 1.165) is 12.0 Å². The van der Waals surface area contributed by atoms with E-state index in [1.165, 1.54) is 6.07 Å². The fraction of sp³-hybridized carbons (Fsp3) is 0.400. The van der Waals surface area contributed by atoms with Crippen LogP contribution in [0.4, 0.5) is 4.39 Å². The van der Waals surface area contributed by atoms with Crippen molar-refractivity contribution in [2.75, 3.05) is 6.61 Å². The van der Waals surface area contributed by atoms with Gasteiger partial charge in [0, 0.05) is 18.0 Å². The van der Waals surface area contributed by atoms with Crippen LogP contribution in [0.25, 0.3) is 0 Å². The van der Waals surface area contributed by atoms with Crippen molar-refractivity contribution in [2.45, 2.75) is 19.1 Å². The van der Waals surface area contributed by atoms with Crippen molar-refractivity contribution in [3.63, 3.8) is 0 Å². The number of aliphatic hydroxyl groups excluding tert-OH is 1. The molecule has 1 aliphatic rings. The Kier molecular flexibility index (Phi) is 2.39. The highest BCUT2D eigenvalue weighted by Gasteiger charge is 2.22. The van der Waals surface area contributed by atoms with Crippen LogP contribution < -0.4 is 10.5 Å². The molecule has 1 aromatic carbocycles. The summed E-state index contributed by atoms with van der Waals surface area (Å²) < 4.78 is 18.5. The van der Waals surface area contributed by atoms with Gasteiger partial charge in [-0.3, -0.25) is 0 Å². The third kappa shape index (κ3) is 1.36. The maximum absolute atomic E-state index is 13.2. The Morgan fingerprint density at radius 3 is 3.07 bits per heavy atom. The number of benzene rings is 1. The molecule has 14 heavy (non-hydrogen) atoms. The first kappa shape index (κ1) is 9.43. The first-order valence-electron chi connectivity index (χ1n) is 4.54. The van der Waals surface area contributed by atoms with E-state index in [1.54, 1.807) is 6.07 Å². The summed E-state index contributed by atoms with van der Waals surface area (Å²) in [6.07, 6.45) is 0.726. The topological polar surface area (TPSA) is 55.5 Å². The van der Waals surface area contributed by atoms with Crippen molar-refractivity contribution in [2.24, 2.45) is 5.73 Å². The number of aliphatic hydroxyl groups is 1. The molecule has 76 valence electrons. The van der Waals surface area contributed by atoms with E-state index in [4.69, 9.17) is 15.6 Å². The second kappa shape index (κ2) is 3.55. The molecule has 0 saturated carbocycles. The van der Waals surface area contributed by atoms with Crippen LogP contribution >= 0.6 is 0 Å².